The fraction of sp³-hybridized carbons (Fsp3) is 0.714. The molecule has 0 saturated carbocycles. The average Bonchev–Trinajstić information content (AvgIpc) is 2.73. The molecule has 106 valence electrons. The van der Waals surface area contributed by atoms with Gasteiger partial charge < -0.3 is 10.2 Å². The summed E-state index contributed by atoms with van der Waals surface area (Å²) >= 11 is 1.40. The summed E-state index contributed by atoms with van der Waals surface area (Å²) in [5.41, 5.74) is 1.62. The zero-order valence-corrected chi connectivity index (χ0v) is 12.8. The van der Waals surface area contributed by atoms with Crippen molar-refractivity contribution in [3.8, 4) is 0 Å². The van der Waals surface area contributed by atoms with Crippen LogP contribution in [0.1, 0.15) is 42.2 Å². The number of ketones is 1. The molecule has 0 aromatic carbocycles. The molecular formula is C14H23N3OS. The van der Waals surface area contributed by atoms with Gasteiger partial charge in [-0.05, 0) is 70.7 Å². The summed E-state index contributed by atoms with van der Waals surface area (Å²) < 4.78 is 4.26. The predicted molar refractivity (Wildman–Crippen MR) is 80.2 cm³/mol. The minimum Gasteiger partial charge on any atom is -0.375 e. The van der Waals surface area contributed by atoms with Crippen LogP contribution in [-0.2, 0) is 0 Å². The molecule has 0 amide bonds. The lowest BCUT2D eigenvalue weighted by atomic mass is 9.94. The van der Waals surface area contributed by atoms with Crippen molar-refractivity contribution < 1.29 is 4.79 Å². The van der Waals surface area contributed by atoms with Gasteiger partial charge in [-0.15, -0.1) is 0 Å². The maximum atomic E-state index is 11.6. The van der Waals surface area contributed by atoms with Crippen molar-refractivity contribution in [2.75, 3.05) is 32.0 Å². The van der Waals surface area contributed by atoms with Gasteiger partial charge in [0.15, 0.2) is 5.78 Å². The molecule has 4 nitrogen and oxygen atoms in total. The number of Topliss-reactive ketones (excluding diaryl/α,β-unsaturated/α-hetero) is 1. The molecule has 1 aromatic rings. The van der Waals surface area contributed by atoms with Gasteiger partial charge >= 0.3 is 0 Å². The molecule has 0 radical (unpaired) electrons. The number of rotatable bonds is 5. The van der Waals surface area contributed by atoms with E-state index >= 15 is 0 Å². The fourth-order valence-corrected chi connectivity index (χ4v) is 3.51. The number of aromatic nitrogens is 1. The smallest absolute Gasteiger partial charge is 0.164 e. The molecule has 0 unspecified atom stereocenters. The molecule has 2 rings (SSSR count). The summed E-state index contributed by atoms with van der Waals surface area (Å²) in [5.74, 6) is 0.923. The van der Waals surface area contributed by atoms with Crippen LogP contribution in [0.15, 0.2) is 0 Å². The number of nitrogens with zero attached hydrogens (tertiary/aromatic N) is 2. The Morgan fingerprint density at radius 2 is 2.16 bits per heavy atom. The second kappa shape index (κ2) is 6.48. The van der Waals surface area contributed by atoms with Crippen LogP contribution >= 0.6 is 11.5 Å². The van der Waals surface area contributed by atoms with E-state index in [9.17, 15) is 4.79 Å². The summed E-state index contributed by atoms with van der Waals surface area (Å²) in [4.78, 5) is 14.0. The minimum atomic E-state index is 0.105. The first-order valence-electron chi connectivity index (χ1n) is 6.97. The number of carbonyl (C=O) groups excluding carboxylic acids is 1. The lowest BCUT2D eigenvalue weighted by Gasteiger charge is -2.28. The van der Waals surface area contributed by atoms with E-state index in [0.717, 1.165) is 28.7 Å². The average molecular weight is 281 g/mol. The third-order valence-electron chi connectivity index (χ3n) is 3.89. The number of likely N-dealkylation sites (tertiary alicyclic amines) is 1. The van der Waals surface area contributed by atoms with Crippen molar-refractivity contribution in [1.29, 1.82) is 0 Å². The van der Waals surface area contributed by atoms with Crippen LogP contribution in [0.5, 0.6) is 0 Å². The van der Waals surface area contributed by atoms with Gasteiger partial charge in [0.25, 0.3) is 0 Å². The van der Waals surface area contributed by atoms with Crippen LogP contribution in [0, 0.1) is 12.8 Å². The van der Waals surface area contributed by atoms with Crippen LogP contribution in [-0.4, -0.2) is 41.7 Å². The Kier molecular flexibility index (Phi) is 4.93. The quantitative estimate of drug-likeness (QED) is 0.843. The molecule has 1 fully saturated rings. The van der Waals surface area contributed by atoms with E-state index in [1.807, 2.05) is 6.92 Å². The highest BCUT2D eigenvalue weighted by Gasteiger charge is 2.17. The van der Waals surface area contributed by atoms with E-state index in [1.165, 1.54) is 43.9 Å². The lowest BCUT2D eigenvalue weighted by molar-refractivity contribution is 0.101. The SMILES string of the molecule is CC(=O)c1c(C)nsc1NCCC1CCN(C)CC1. The van der Waals surface area contributed by atoms with Crippen molar-refractivity contribution in [2.45, 2.75) is 33.1 Å². The molecule has 1 N–H and O–H groups in total. The highest BCUT2D eigenvalue weighted by atomic mass is 32.1. The number of nitrogens with one attached hydrogen (secondary N) is 1. The van der Waals surface area contributed by atoms with E-state index in [4.69, 9.17) is 0 Å². The van der Waals surface area contributed by atoms with E-state index in [0.29, 0.717) is 0 Å². The molecule has 2 heterocycles. The standard InChI is InChI=1S/C14H23N3OS/c1-10-13(11(2)18)14(19-16-10)15-7-4-12-5-8-17(3)9-6-12/h12,15H,4-9H2,1-3H3. The Labute approximate surface area is 119 Å². The minimum absolute atomic E-state index is 0.105. The maximum absolute atomic E-state index is 11.6. The molecule has 0 spiro atoms. The van der Waals surface area contributed by atoms with Gasteiger partial charge in [-0.25, -0.2) is 0 Å². The molecular weight excluding hydrogens is 258 g/mol. The zero-order valence-electron chi connectivity index (χ0n) is 12.0. The second-order valence-electron chi connectivity index (χ2n) is 5.49. The van der Waals surface area contributed by atoms with Crippen LogP contribution in [0.3, 0.4) is 0 Å². The fourth-order valence-electron chi connectivity index (χ4n) is 2.65. The van der Waals surface area contributed by atoms with E-state index < -0.39 is 0 Å². The summed E-state index contributed by atoms with van der Waals surface area (Å²) in [5, 5.41) is 4.34. The van der Waals surface area contributed by atoms with Crippen LogP contribution in [0.2, 0.25) is 0 Å². The highest BCUT2D eigenvalue weighted by Crippen LogP contribution is 2.26. The monoisotopic (exact) mass is 281 g/mol. The zero-order chi connectivity index (χ0) is 13.8. The lowest BCUT2D eigenvalue weighted by Crippen LogP contribution is -2.30. The van der Waals surface area contributed by atoms with Gasteiger partial charge in [-0.2, -0.15) is 4.37 Å². The number of anilines is 1. The Hall–Kier alpha value is -0.940. The van der Waals surface area contributed by atoms with Crippen LogP contribution in [0.25, 0.3) is 0 Å². The number of carbonyl (C=O) groups is 1. The summed E-state index contributed by atoms with van der Waals surface area (Å²) in [6.45, 7) is 6.87. The molecule has 1 aliphatic rings. The largest absolute Gasteiger partial charge is 0.375 e. The molecule has 5 heteroatoms. The molecule has 1 aromatic heterocycles. The predicted octanol–water partition coefficient (Wildman–Crippen LogP) is 2.80. The van der Waals surface area contributed by atoms with E-state index in [2.05, 4.69) is 21.6 Å². The van der Waals surface area contributed by atoms with Gasteiger partial charge in [-0.1, -0.05) is 0 Å². The first-order chi connectivity index (χ1) is 9.08. The topological polar surface area (TPSA) is 45.2 Å². The number of aryl methyl sites for hydroxylation is 1. The second-order valence-corrected chi connectivity index (χ2v) is 6.26. The molecule has 0 bridgehead atoms. The first-order valence-corrected chi connectivity index (χ1v) is 7.75. The summed E-state index contributed by atoms with van der Waals surface area (Å²) in [6, 6.07) is 0. The summed E-state index contributed by atoms with van der Waals surface area (Å²) in [6.07, 6.45) is 3.76. The van der Waals surface area contributed by atoms with E-state index in [-0.39, 0.29) is 5.78 Å². The van der Waals surface area contributed by atoms with Gasteiger partial charge in [0, 0.05) is 6.54 Å². The maximum Gasteiger partial charge on any atom is 0.164 e. The third kappa shape index (κ3) is 3.76. The molecule has 1 saturated heterocycles. The van der Waals surface area contributed by atoms with Gasteiger partial charge in [0.05, 0.1) is 11.3 Å². The van der Waals surface area contributed by atoms with Crippen molar-refractivity contribution in [1.82, 2.24) is 9.27 Å². The molecule has 19 heavy (non-hydrogen) atoms. The molecule has 0 aliphatic carbocycles. The van der Waals surface area contributed by atoms with Crippen LogP contribution < -0.4 is 5.32 Å². The third-order valence-corrected chi connectivity index (χ3v) is 4.79. The summed E-state index contributed by atoms with van der Waals surface area (Å²) in [7, 11) is 2.19. The van der Waals surface area contributed by atoms with Crippen molar-refractivity contribution in [2.24, 2.45) is 5.92 Å². The first kappa shape index (κ1) is 14.5. The Morgan fingerprint density at radius 1 is 1.47 bits per heavy atom. The Bertz CT molecular complexity index is 436. The van der Waals surface area contributed by atoms with Crippen molar-refractivity contribution >= 4 is 22.3 Å². The highest BCUT2D eigenvalue weighted by molar-refractivity contribution is 7.10. The number of hydrogen-bond acceptors (Lipinski definition) is 5. The van der Waals surface area contributed by atoms with Gasteiger partial charge in [0.1, 0.15) is 5.00 Å². The number of piperidine rings is 1. The number of hydrogen-bond donors (Lipinski definition) is 1. The van der Waals surface area contributed by atoms with E-state index in [1.54, 1.807) is 6.92 Å². The van der Waals surface area contributed by atoms with Gasteiger partial charge in [0.2, 0.25) is 0 Å². The Morgan fingerprint density at radius 3 is 2.79 bits per heavy atom. The van der Waals surface area contributed by atoms with Crippen molar-refractivity contribution in [3.63, 3.8) is 0 Å². The Balaban J connectivity index is 1.81. The van der Waals surface area contributed by atoms with Crippen molar-refractivity contribution in [3.05, 3.63) is 11.3 Å². The van der Waals surface area contributed by atoms with Gasteiger partial charge in [-0.3, -0.25) is 4.79 Å². The normalized spacial score (nSPS) is 17.6. The molecule has 1 aliphatic heterocycles. The molecule has 0 atom stereocenters. The van der Waals surface area contributed by atoms with Crippen LogP contribution in [0.4, 0.5) is 5.00 Å².